The lowest BCUT2D eigenvalue weighted by Crippen LogP contribution is -2.19. The molecule has 1 aromatic rings. The molecule has 0 saturated carbocycles. The molecule has 1 rings (SSSR count). The van der Waals surface area contributed by atoms with Crippen LogP contribution in [0.2, 0.25) is 0 Å². The molecular formula is C16H27FN2O. The summed E-state index contributed by atoms with van der Waals surface area (Å²) >= 11 is 0. The number of ether oxygens (including phenoxy) is 1. The summed E-state index contributed by atoms with van der Waals surface area (Å²) in [5.74, 6) is 0.423. The van der Waals surface area contributed by atoms with Crippen LogP contribution in [0.3, 0.4) is 0 Å². The van der Waals surface area contributed by atoms with Crippen molar-refractivity contribution < 1.29 is 9.13 Å². The van der Waals surface area contributed by atoms with Gasteiger partial charge in [0.2, 0.25) is 0 Å². The number of halogens is 1. The summed E-state index contributed by atoms with van der Waals surface area (Å²) in [5, 5.41) is 3.36. The van der Waals surface area contributed by atoms with Gasteiger partial charge in [0.15, 0.2) is 0 Å². The van der Waals surface area contributed by atoms with Gasteiger partial charge in [0.05, 0.1) is 13.2 Å². The summed E-state index contributed by atoms with van der Waals surface area (Å²) in [4.78, 5) is 2.04. The highest BCUT2D eigenvalue weighted by molar-refractivity contribution is 5.24. The normalized spacial score (nSPS) is 11.6. The van der Waals surface area contributed by atoms with Gasteiger partial charge in [-0.2, -0.15) is 0 Å². The number of hydrogen-bond acceptors (Lipinski definition) is 3. The quantitative estimate of drug-likeness (QED) is 0.705. The lowest BCUT2D eigenvalue weighted by molar-refractivity contribution is 0.103. The molecule has 0 aliphatic rings. The monoisotopic (exact) mass is 282 g/mol. The number of benzene rings is 1. The van der Waals surface area contributed by atoms with Crippen LogP contribution in [0, 0.1) is 11.7 Å². The van der Waals surface area contributed by atoms with Gasteiger partial charge in [-0.25, -0.2) is 4.39 Å². The zero-order valence-corrected chi connectivity index (χ0v) is 13.1. The second-order valence-corrected chi connectivity index (χ2v) is 5.81. The minimum Gasteiger partial charge on any atom is -0.375 e. The van der Waals surface area contributed by atoms with Crippen LogP contribution >= 0.6 is 0 Å². The first-order valence-electron chi connectivity index (χ1n) is 7.19. The van der Waals surface area contributed by atoms with Crippen LogP contribution in [0.15, 0.2) is 18.2 Å². The van der Waals surface area contributed by atoms with Crippen LogP contribution in [-0.4, -0.2) is 38.7 Å². The minimum atomic E-state index is -0.192. The number of hydrogen-bond donors (Lipinski definition) is 1. The summed E-state index contributed by atoms with van der Waals surface area (Å²) in [6.45, 7) is 7.86. The van der Waals surface area contributed by atoms with Crippen molar-refractivity contribution in [2.24, 2.45) is 5.92 Å². The molecule has 1 aromatic carbocycles. The van der Waals surface area contributed by atoms with Gasteiger partial charge in [0, 0.05) is 18.7 Å². The molecule has 0 spiro atoms. The maximum absolute atomic E-state index is 13.7. The average molecular weight is 282 g/mol. The molecule has 0 atom stereocenters. The van der Waals surface area contributed by atoms with E-state index in [2.05, 4.69) is 19.2 Å². The van der Waals surface area contributed by atoms with Gasteiger partial charge in [-0.05, 0) is 44.3 Å². The molecule has 0 unspecified atom stereocenters. The van der Waals surface area contributed by atoms with Gasteiger partial charge in [0.1, 0.15) is 5.82 Å². The van der Waals surface area contributed by atoms with Crippen molar-refractivity contribution >= 4 is 0 Å². The summed E-state index contributed by atoms with van der Waals surface area (Å²) < 4.78 is 19.2. The Morgan fingerprint density at radius 2 is 2.05 bits per heavy atom. The molecule has 0 aliphatic carbocycles. The van der Waals surface area contributed by atoms with Gasteiger partial charge in [0.25, 0.3) is 0 Å². The highest BCUT2D eigenvalue weighted by Crippen LogP contribution is 2.12. The SMILES string of the molecule is CC(C)CNCc1ccc(F)c(COCCN(C)C)c1. The zero-order chi connectivity index (χ0) is 15.0. The van der Waals surface area contributed by atoms with Crippen molar-refractivity contribution in [3.63, 3.8) is 0 Å². The van der Waals surface area contributed by atoms with Crippen molar-refractivity contribution in [1.82, 2.24) is 10.2 Å². The van der Waals surface area contributed by atoms with E-state index in [9.17, 15) is 4.39 Å². The predicted octanol–water partition coefficient (Wildman–Crippen LogP) is 2.65. The lowest BCUT2D eigenvalue weighted by Gasteiger charge is -2.12. The van der Waals surface area contributed by atoms with Crippen molar-refractivity contribution in [2.45, 2.75) is 27.0 Å². The van der Waals surface area contributed by atoms with E-state index in [0.717, 1.165) is 25.2 Å². The first-order valence-corrected chi connectivity index (χ1v) is 7.19. The van der Waals surface area contributed by atoms with Crippen LogP contribution < -0.4 is 5.32 Å². The largest absolute Gasteiger partial charge is 0.375 e. The smallest absolute Gasteiger partial charge is 0.128 e. The standard InChI is InChI=1S/C16H27FN2O/c1-13(2)10-18-11-14-5-6-16(17)15(9-14)12-20-8-7-19(3)4/h5-6,9,13,18H,7-8,10-12H2,1-4H3. The third kappa shape index (κ3) is 6.98. The van der Waals surface area contributed by atoms with Gasteiger partial charge in [-0.15, -0.1) is 0 Å². The fraction of sp³-hybridized carbons (Fsp3) is 0.625. The Balaban J connectivity index is 2.44. The van der Waals surface area contributed by atoms with Crippen LogP contribution in [0.25, 0.3) is 0 Å². The second kappa shape index (κ2) is 9.06. The number of likely N-dealkylation sites (N-methyl/N-ethyl adjacent to an activating group) is 1. The molecule has 4 heteroatoms. The van der Waals surface area contributed by atoms with Crippen LogP contribution in [0.1, 0.15) is 25.0 Å². The summed E-state index contributed by atoms with van der Waals surface area (Å²) in [7, 11) is 3.98. The molecule has 0 radical (unpaired) electrons. The minimum absolute atomic E-state index is 0.192. The Labute approximate surface area is 122 Å². The fourth-order valence-corrected chi connectivity index (χ4v) is 1.78. The van der Waals surface area contributed by atoms with Gasteiger partial charge in [-0.3, -0.25) is 0 Å². The Morgan fingerprint density at radius 1 is 1.30 bits per heavy atom. The molecule has 0 bridgehead atoms. The van der Waals surface area contributed by atoms with Gasteiger partial charge < -0.3 is 15.0 Å². The van der Waals surface area contributed by atoms with Gasteiger partial charge in [-0.1, -0.05) is 19.9 Å². The van der Waals surface area contributed by atoms with Crippen LogP contribution in [0.4, 0.5) is 4.39 Å². The third-order valence-electron chi connectivity index (χ3n) is 2.93. The van der Waals surface area contributed by atoms with Crippen molar-refractivity contribution in [2.75, 3.05) is 33.8 Å². The first kappa shape index (κ1) is 17.1. The molecule has 3 nitrogen and oxygen atoms in total. The molecule has 0 aromatic heterocycles. The molecule has 0 amide bonds. The summed E-state index contributed by atoms with van der Waals surface area (Å²) in [6, 6.07) is 5.24. The first-order chi connectivity index (χ1) is 9.49. The lowest BCUT2D eigenvalue weighted by atomic mass is 10.1. The van der Waals surface area contributed by atoms with E-state index in [1.54, 1.807) is 0 Å². The second-order valence-electron chi connectivity index (χ2n) is 5.81. The average Bonchev–Trinajstić information content (AvgIpc) is 2.37. The maximum Gasteiger partial charge on any atom is 0.128 e. The van der Waals surface area contributed by atoms with Crippen LogP contribution in [0.5, 0.6) is 0 Å². The Morgan fingerprint density at radius 3 is 2.70 bits per heavy atom. The summed E-state index contributed by atoms with van der Waals surface area (Å²) in [6.07, 6.45) is 0. The van der Waals surface area contributed by atoms with Crippen LogP contribution in [-0.2, 0) is 17.9 Å². The highest BCUT2D eigenvalue weighted by Gasteiger charge is 2.04. The third-order valence-corrected chi connectivity index (χ3v) is 2.93. The molecule has 0 heterocycles. The van der Waals surface area contributed by atoms with E-state index >= 15 is 0 Å². The van der Waals surface area contributed by atoms with E-state index < -0.39 is 0 Å². The molecule has 1 N–H and O–H groups in total. The van der Waals surface area contributed by atoms with Crippen molar-refractivity contribution in [3.05, 3.63) is 35.1 Å². The summed E-state index contributed by atoms with van der Waals surface area (Å²) in [5.41, 5.74) is 1.73. The molecule has 114 valence electrons. The molecule has 20 heavy (non-hydrogen) atoms. The Kier molecular flexibility index (Phi) is 7.73. The van der Waals surface area contributed by atoms with Gasteiger partial charge >= 0.3 is 0 Å². The zero-order valence-electron chi connectivity index (χ0n) is 13.1. The maximum atomic E-state index is 13.7. The van der Waals surface area contributed by atoms with E-state index in [-0.39, 0.29) is 5.82 Å². The fourth-order valence-electron chi connectivity index (χ4n) is 1.78. The predicted molar refractivity (Wildman–Crippen MR) is 81.2 cm³/mol. The number of rotatable bonds is 9. The number of nitrogens with one attached hydrogen (secondary N) is 1. The van der Waals surface area contributed by atoms with E-state index in [0.29, 0.717) is 24.7 Å². The molecule has 0 aliphatic heterocycles. The van der Waals surface area contributed by atoms with Crippen molar-refractivity contribution in [3.8, 4) is 0 Å². The molecular weight excluding hydrogens is 255 g/mol. The molecule has 0 saturated heterocycles. The topological polar surface area (TPSA) is 24.5 Å². The van der Waals surface area contributed by atoms with E-state index in [1.807, 2.05) is 31.1 Å². The van der Waals surface area contributed by atoms with E-state index in [1.165, 1.54) is 6.07 Å². The highest BCUT2D eigenvalue weighted by atomic mass is 19.1. The van der Waals surface area contributed by atoms with E-state index in [4.69, 9.17) is 4.74 Å². The molecule has 0 fully saturated rings. The van der Waals surface area contributed by atoms with Crippen molar-refractivity contribution in [1.29, 1.82) is 0 Å². The number of nitrogens with zero attached hydrogens (tertiary/aromatic N) is 1. The Bertz CT molecular complexity index is 394. The Hall–Kier alpha value is -0.970.